The van der Waals surface area contributed by atoms with E-state index in [9.17, 15) is 9.59 Å². The maximum Gasteiger partial charge on any atom is 0.335 e. The Hall–Kier alpha value is -2.48. The normalized spacial score (nSPS) is 9.00. The molecule has 0 saturated carbocycles. The van der Waals surface area contributed by atoms with Gasteiger partial charge in [-0.2, -0.15) is 0 Å². The summed E-state index contributed by atoms with van der Waals surface area (Å²) in [7, 11) is 1.41. The molecule has 5 heteroatoms. The second kappa shape index (κ2) is 5.56. The molecule has 0 amide bonds. The average Bonchev–Trinajstić information content (AvgIpc) is 2.28. The Morgan fingerprint density at radius 3 is 2.53 bits per heavy atom. The number of carbonyl (C=O) groups is 2. The van der Waals surface area contributed by atoms with E-state index in [4.69, 9.17) is 14.9 Å². The van der Waals surface area contributed by atoms with Crippen LogP contribution in [-0.4, -0.2) is 29.3 Å². The van der Waals surface area contributed by atoms with Gasteiger partial charge in [-0.15, -0.1) is 0 Å². The van der Waals surface area contributed by atoms with Gasteiger partial charge in [0, 0.05) is 5.56 Å². The van der Waals surface area contributed by atoms with Crippen LogP contribution in [0.5, 0.6) is 5.75 Å². The third-order valence-corrected chi connectivity index (χ3v) is 1.86. The van der Waals surface area contributed by atoms with E-state index < -0.39 is 11.9 Å². The van der Waals surface area contributed by atoms with Crippen molar-refractivity contribution >= 4 is 11.9 Å². The Morgan fingerprint density at radius 2 is 2.00 bits per heavy atom. The minimum atomic E-state index is -1.09. The van der Waals surface area contributed by atoms with Crippen molar-refractivity contribution in [2.45, 2.75) is 6.42 Å². The number of carboxylic acid groups (broad SMARTS) is 2. The molecule has 5 nitrogen and oxygen atoms in total. The fourth-order valence-electron chi connectivity index (χ4n) is 1.13. The van der Waals surface area contributed by atoms with E-state index in [0.29, 0.717) is 11.3 Å². The predicted octanol–water partition coefficient (Wildman–Crippen LogP) is 1.22. The molecule has 0 aliphatic carbocycles. The number of aromatic carboxylic acids is 1. The second-order valence-electron chi connectivity index (χ2n) is 3.13. The Bertz CT molecular complexity index is 507. The monoisotopic (exact) mass is 234 g/mol. The van der Waals surface area contributed by atoms with Gasteiger partial charge in [-0.25, -0.2) is 4.79 Å². The highest BCUT2D eigenvalue weighted by molar-refractivity contribution is 5.88. The smallest absolute Gasteiger partial charge is 0.335 e. The van der Waals surface area contributed by atoms with Gasteiger partial charge in [-0.3, -0.25) is 4.79 Å². The Balaban J connectivity index is 3.05. The van der Waals surface area contributed by atoms with Crippen molar-refractivity contribution in [3.63, 3.8) is 0 Å². The lowest BCUT2D eigenvalue weighted by atomic mass is 10.1. The fraction of sp³-hybridized carbons (Fsp3) is 0.167. The number of rotatable bonds is 3. The lowest BCUT2D eigenvalue weighted by molar-refractivity contribution is -0.135. The molecule has 1 rings (SSSR count). The lowest BCUT2D eigenvalue weighted by Crippen LogP contribution is -1.98. The molecule has 88 valence electrons. The Kier molecular flexibility index (Phi) is 4.12. The number of ether oxygens (including phenoxy) is 1. The predicted molar refractivity (Wildman–Crippen MR) is 59.1 cm³/mol. The van der Waals surface area contributed by atoms with Crippen molar-refractivity contribution in [2.75, 3.05) is 7.11 Å². The summed E-state index contributed by atoms with van der Waals surface area (Å²) >= 11 is 0. The lowest BCUT2D eigenvalue weighted by Gasteiger charge is -2.02. The van der Waals surface area contributed by atoms with Gasteiger partial charge < -0.3 is 14.9 Å². The van der Waals surface area contributed by atoms with E-state index in [1.165, 1.54) is 19.2 Å². The Labute approximate surface area is 97.6 Å². The van der Waals surface area contributed by atoms with Crippen LogP contribution in [0.15, 0.2) is 18.2 Å². The third kappa shape index (κ3) is 3.87. The van der Waals surface area contributed by atoms with Gasteiger partial charge in [0.05, 0.1) is 12.7 Å². The third-order valence-electron chi connectivity index (χ3n) is 1.86. The topological polar surface area (TPSA) is 83.8 Å². The van der Waals surface area contributed by atoms with Crippen LogP contribution in [0.4, 0.5) is 0 Å². The van der Waals surface area contributed by atoms with Crippen LogP contribution in [0, 0.1) is 11.8 Å². The molecule has 0 heterocycles. The van der Waals surface area contributed by atoms with Crippen molar-refractivity contribution in [1.29, 1.82) is 0 Å². The minimum absolute atomic E-state index is 0.0453. The average molecular weight is 234 g/mol. The van der Waals surface area contributed by atoms with Gasteiger partial charge in [0.15, 0.2) is 0 Å². The van der Waals surface area contributed by atoms with Crippen LogP contribution in [0.3, 0.4) is 0 Å². The first-order valence-corrected chi connectivity index (χ1v) is 4.66. The first kappa shape index (κ1) is 12.6. The molecule has 1 aromatic carbocycles. The number of methoxy groups -OCH3 is 1. The maximum absolute atomic E-state index is 10.8. The van der Waals surface area contributed by atoms with Crippen molar-refractivity contribution in [3.05, 3.63) is 29.3 Å². The fourth-order valence-corrected chi connectivity index (χ4v) is 1.13. The highest BCUT2D eigenvalue weighted by Crippen LogP contribution is 2.16. The van der Waals surface area contributed by atoms with Crippen LogP contribution in [-0.2, 0) is 4.79 Å². The van der Waals surface area contributed by atoms with E-state index >= 15 is 0 Å². The largest absolute Gasteiger partial charge is 0.497 e. The van der Waals surface area contributed by atoms with Gasteiger partial charge >= 0.3 is 11.9 Å². The zero-order chi connectivity index (χ0) is 12.8. The zero-order valence-electron chi connectivity index (χ0n) is 9.06. The van der Waals surface area contributed by atoms with Crippen molar-refractivity contribution in [1.82, 2.24) is 0 Å². The summed E-state index contributed by atoms with van der Waals surface area (Å²) in [5, 5.41) is 17.3. The number of hydrogen-bond acceptors (Lipinski definition) is 3. The molecule has 0 spiro atoms. The maximum atomic E-state index is 10.8. The molecule has 0 aromatic heterocycles. The van der Waals surface area contributed by atoms with E-state index in [-0.39, 0.29) is 12.0 Å². The van der Waals surface area contributed by atoms with Crippen molar-refractivity contribution in [3.8, 4) is 17.6 Å². The van der Waals surface area contributed by atoms with Crippen molar-refractivity contribution in [2.24, 2.45) is 0 Å². The molecule has 0 fully saturated rings. The van der Waals surface area contributed by atoms with Crippen LogP contribution in [0.2, 0.25) is 0 Å². The van der Waals surface area contributed by atoms with Gasteiger partial charge in [0.25, 0.3) is 0 Å². The molecule has 17 heavy (non-hydrogen) atoms. The summed E-state index contributed by atoms with van der Waals surface area (Å²) < 4.78 is 4.93. The summed E-state index contributed by atoms with van der Waals surface area (Å²) in [5.74, 6) is 3.24. The number of hydrogen-bond donors (Lipinski definition) is 2. The molecule has 0 aliphatic rings. The van der Waals surface area contributed by atoms with Crippen LogP contribution < -0.4 is 4.74 Å². The van der Waals surface area contributed by atoms with E-state index in [0.717, 1.165) is 0 Å². The van der Waals surface area contributed by atoms with Gasteiger partial charge in [0.1, 0.15) is 12.2 Å². The highest BCUT2D eigenvalue weighted by Gasteiger charge is 2.06. The summed E-state index contributed by atoms with van der Waals surface area (Å²) in [6, 6.07) is 4.27. The second-order valence-corrected chi connectivity index (χ2v) is 3.13. The number of aliphatic carboxylic acids is 1. The number of carboxylic acids is 2. The van der Waals surface area contributed by atoms with Gasteiger partial charge in [-0.05, 0) is 18.2 Å². The number of benzene rings is 1. The molecule has 0 atom stereocenters. The molecule has 0 bridgehead atoms. The van der Waals surface area contributed by atoms with Crippen LogP contribution >= 0.6 is 0 Å². The van der Waals surface area contributed by atoms with Crippen molar-refractivity contribution < 1.29 is 24.5 Å². The molecule has 0 radical (unpaired) electrons. The minimum Gasteiger partial charge on any atom is -0.497 e. The quantitative estimate of drug-likeness (QED) is 0.768. The van der Waals surface area contributed by atoms with Crippen LogP contribution in [0.25, 0.3) is 0 Å². The summed E-state index contributed by atoms with van der Waals surface area (Å²) in [5.41, 5.74) is 0.451. The van der Waals surface area contributed by atoms with Crippen LogP contribution in [0.1, 0.15) is 22.3 Å². The van der Waals surface area contributed by atoms with E-state index in [1.807, 2.05) is 0 Å². The van der Waals surface area contributed by atoms with Gasteiger partial charge in [-0.1, -0.05) is 11.8 Å². The summed E-state index contributed by atoms with van der Waals surface area (Å²) in [4.78, 5) is 21.1. The molecule has 1 aromatic rings. The van der Waals surface area contributed by atoms with E-state index in [2.05, 4.69) is 11.8 Å². The highest BCUT2D eigenvalue weighted by atomic mass is 16.5. The zero-order valence-corrected chi connectivity index (χ0v) is 9.06. The summed E-state index contributed by atoms with van der Waals surface area (Å²) in [6.07, 6.45) is -0.292. The van der Waals surface area contributed by atoms with Gasteiger partial charge in [0.2, 0.25) is 0 Å². The van der Waals surface area contributed by atoms with E-state index in [1.54, 1.807) is 6.07 Å². The molecular weight excluding hydrogens is 224 g/mol. The first-order valence-electron chi connectivity index (χ1n) is 4.66. The molecule has 0 aliphatic heterocycles. The molecular formula is C12H10O5. The summed E-state index contributed by atoms with van der Waals surface area (Å²) in [6.45, 7) is 0. The molecule has 0 saturated heterocycles. The standard InChI is InChI=1S/C12H10O5/c1-17-10-6-8(3-2-4-11(13)14)5-9(7-10)12(15)16/h5-7H,4H2,1H3,(H,13,14)(H,15,16). The SMILES string of the molecule is COc1cc(C#CCC(=O)O)cc(C(=O)O)c1. The Morgan fingerprint density at radius 1 is 1.29 bits per heavy atom. The first-order chi connectivity index (χ1) is 8.02. The molecule has 0 unspecified atom stereocenters. The molecule has 2 N–H and O–H groups in total.